The Morgan fingerprint density at radius 1 is 1.35 bits per heavy atom. The largest absolute Gasteiger partial charge is 0.480 e. The number of nitrogens with one attached hydrogen (secondary N) is 1. The number of rotatable bonds is 3. The summed E-state index contributed by atoms with van der Waals surface area (Å²) in [5.74, 6) is -1.29. The minimum atomic E-state index is -0.954. The smallest absolute Gasteiger partial charge is 0.326 e. The zero-order chi connectivity index (χ0) is 16.6. The van der Waals surface area contributed by atoms with Crippen molar-refractivity contribution in [2.75, 3.05) is 5.32 Å². The van der Waals surface area contributed by atoms with Gasteiger partial charge in [0.2, 0.25) is 5.91 Å². The summed E-state index contributed by atoms with van der Waals surface area (Å²) in [5, 5.41) is 14.0. The van der Waals surface area contributed by atoms with Gasteiger partial charge in [0.1, 0.15) is 11.7 Å². The first kappa shape index (κ1) is 15.9. The average molecular weight is 337 g/mol. The summed E-state index contributed by atoms with van der Waals surface area (Å²) in [6.07, 6.45) is 4.47. The van der Waals surface area contributed by atoms with E-state index in [0.29, 0.717) is 11.6 Å². The second kappa shape index (κ2) is 6.27. The van der Waals surface area contributed by atoms with E-state index in [1.807, 2.05) is 0 Å². The number of carboxylic acids is 1. The van der Waals surface area contributed by atoms with Gasteiger partial charge in [-0.05, 0) is 25.2 Å². The Kier molecular flexibility index (Phi) is 4.34. The fraction of sp³-hybridized carbons (Fsp3) is 0.600. The monoisotopic (exact) mass is 337 g/mol. The van der Waals surface area contributed by atoms with Gasteiger partial charge in [0, 0.05) is 18.3 Å². The van der Waals surface area contributed by atoms with Crippen LogP contribution in [-0.2, 0) is 9.59 Å². The van der Waals surface area contributed by atoms with Gasteiger partial charge in [-0.3, -0.25) is 9.59 Å². The molecule has 0 radical (unpaired) electrons. The summed E-state index contributed by atoms with van der Waals surface area (Å²) < 4.78 is 0. The molecule has 3 unspecified atom stereocenters. The number of aromatic nitrogens is 1. The molecule has 2 fully saturated rings. The molecule has 2 N–H and O–H groups in total. The maximum Gasteiger partial charge on any atom is 0.326 e. The third-order valence-electron chi connectivity index (χ3n) is 4.61. The Morgan fingerprint density at radius 2 is 2.09 bits per heavy atom. The second-order valence-corrected chi connectivity index (χ2v) is 6.99. The molecule has 1 saturated heterocycles. The van der Waals surface area contributed by atoms with Gasteiger partial charge in [-0.15, -0.1) is 11.3 Å². The quantitative estimate of drug-likeness (QED) is 0.878. The van der Waals surface area contributed by atoms with Crippen molar-refractivity contribution in [3.8, 4) is 0 Å². The summed E-state index contributed by atoms with van der Waals surface area (Å²) in [4.78, 5) is 41.1. The van der Waals surface area contributed by atoms with E-state index in [0.717, 1.165) is 25.7 Å². The van der Waals surface area contributed by atoms with Crippen molar-refractivity contribution in [1.82, 2.24) is 9.88 Å². The molecule has 1 saturated carbocycles. The van der Waals surface area contributed by atoms with E-state index in [1.165, 1.54) is 23.2 Å². The molecule has 23 heavy (non-hydrogen) atoms. The molecule has 124 valence electrons. The normalized spacial score (nSPS) is 26.7. The van der Waals surface area contributed by atoms with Crippen molar-refractivity contribution in [1.29, 1.82) is 0 Å². The number of hydrogen-bond donors (Lipinski definition) is 2. The van der Waals surface area contributed by atoms with Crippen LogP contribution in [0.4, 0.5) is 5.13 Å². The van der Waals surface area contributed by atoms with Gasteiger partial charge in [0.05, 0.1) is 0 Å². The van der Waals surface area contributed by atoms with Crippen LogP contribution in [0.25, 0.3) is 0 Å². The molecule has 3 atom stereocenters. The third-order valence-corrected chi connectivity index (χ3v) is 5.37. The minimum Gasteiger partial charge on any atom is -0.480 e. The molecule has 0 bridgehead atoms. The van der Waals surface area contributed by atoms with Crippen LogP contribution in [0.5, 0.6) is 0 Å². The van der Waals surface area contributed by atoms with Crippen LogP contribution in [0.2, 0.25) is 0 Å². The third kappa shape index (κ3) is 3.08. The molecule has 0 aromatic carbocycles. The Balaban J connectivity index is 1.84. The predicted octanol–water partition coefficient (Wildman–Crippen LogP) is 1.96. The zero-order valence-electron chi connectivity index (χ0n) is 12.8. The summed E-state index contributed by atoms with van der Waals surface area (Å²) in [6, 6.07) is -0.787. The molecule has 1 aromatic rings. The van der Waals surface area contributed by atoms with E-state index in [2.05, 4.69) is 10.3 Å². The SMILES string of the molecule is CC(=O)Nc1nc(C(=O)N2C(C(=O)O)CC3CCCCC32)cs1. The van der Waals surface area contributed by atoms with Gasteiger partial charge < -0.3 is 15.3 Å². The lowest BCUT2D eigenvalue weighted by atomic mass is 9.84. The Labute approximate surface area is 137 Å². The predicted molar refractivity (Wildman–Crippen MR) is 84.4 cm³/mol. The van der Waals surface area contributed by atoms with E-state index in [-0.39, 0.29) is 29.5 Å². The number of carbonyl (C=O) groups excluding carboxylic acids is 2. The second-order valence-electron chi connectivity index (χ2n) is 6.13. The number of likely N-dealkylation sites (tertiary alicyclic amines) is 1. The highest BCUT2D eigenvalue weighted by molar-refractivity contribution is 7.14. The van der Waals surface area contributed by atoms with Crippen molar-refractivity contribution < 1.29 is 19.5 Å². The van der Waals surface area contributed by atoms with Crippen LogP contribution in [0.15, 0.2) is 5.38 Å². The van der Waals surface area contributed by atoms with Gasteiger partial charge in [0.25, 0.3) is 5.91 Å². The lowest BCUT2D eigenvalue weighted by Crippen LogP contribution is -2.46. The number of anilines is 1. The average Bonchev–Trinajstić information content (AvgIpc) is 3.10. The lowest BCUT2D eigenvalue weighted by Gasteiger charge is -2.32. The number of carbonyl (C=O) groups is 3. The summed E-state index contributed by atoms with van der Waals surface area (Å²) >= 11 is 1.17. The van der Waals surface area contributed by atoms with E-state index in [9.17, 15) is 19.5 Å². The van der Waals surface area contributed by atoms with Gasteiger partial charge in [-0.1, -0.05) is 12.8 Å². The van der Waals surface area contributed by atoms with Crippen molar-refractivity contribution in [3.63, 3.8) is 0 Å². The van der Waals surface area contributed by atoms with Crippen LogP contribution in [0.3, 0.4) is 0 Å². The standard InChI is InChI=1S/C15H19N3O4S/c1-8(19)16-15-17-10(7-23-15)13(20)18-11-5-3-2-4-9(11)6-12(18)14(21)22/h7,9,11-12H,2-6H2,1H3,(H,21,22)(H,16,17,19). The van der Waals surface area contributed by atoms with E-state index in [4.69, 9.17) is 0 Å². The first-order chi connectivity index (χ1) is 11.0. The van der Waals surface area contributed by atoms with Crippen LogP contribution in [-0.4, -0.2) is 44.9 Å². The number of hydrogen-bond acceptors (Lipinski definition) is 5. The molecule has 0 spiro atoms. The molecule has 3 rings (SSSR count). The summed E-state index contributed by atoms with van der Waals surface area (Å²) in [5.41, 5.74) is 0.205. The number of carboxylic acid groups (broad SMARTS) is 1. The van der Waals surface area contributed by atoms with Crippen LogP contribution in [0, 0.1) is 5.92 Å². The molecule has 2 aliphatic rings. The maximum atomic E-state index is 12.8. The fourth-order valence-electron chi connectivity index (χ4n) is 3.68. The molecular formula is C15H19N3O4S. The van der Waals surface area contributed by atoms with Crippen molar-refractivity contribution in [2.24, 2.45) is 5.92 Å². The first-order valence-corrected chi connectivity index (χ1v) is 8.64. The van der Waals surface area contributed by atoms with Crippen LogP contribution >= 0.6 is 11.3 Å². The molecular weight excluding hydrogens is 318 g/mol. The first-order valence-electron chi connectivity index (χ1n) is 7.76. The van der Waals surface area contributed by atoms with Crippen molar-refractivity contribution in [2.45, 2.75) is 51.1 Å². The number of amides is 2. The Bertz CT molecular complexity index is 644. The molecule has 1 aliphatic heterocycles. The summed E-state index contributed by atoms with van der Waals surface area (Å²) in [6.45, 7) is 1.37. The number of fused-ring (bicyclic) bond motifs is 1. The van der Waals surface area contributed by atoms with Crippen molar-refractivity contribution >= 4 is 34.3 Å². The Hall–Kier alpha value is -1.96. The highest BCUT2D eigenvalue weighted by Gasteiger charge is 2.48. The highest BCUT2D eigenvalue weighted by atomic mass is 32.1. The van der Waals surface area contributed by atoms with Gasteiger partial charge in [-0.25, -0.2) is 9.78 Å². The lowest BCUT2D eigenvalue weighted by molar-refractivity contribution is -0.141. The maximum absolute atomic E-state index is 12.8. The van der Waals surface area contributed by atoms with E-state index in [1.54, 1.807) is 5.38 Å². The van der Waals surface area contributed by atoms with Crippen LogP contribution in [0.1, 0.15) is 49.5 Å². The van der Waals surface area contributed by atoms with Gasteiger partial charge in [0.15, 0.2) is 5.13 Å². The fourth-order valence-corrected chi connectivity index (χ4v) is 4.42. The number of aliphatic carboxylic acids is 1. The molecule has 7 nitrogen and oxygen atoms in total. The van der Waals surface area contributed by atoms with Gasteiger partial charge >= 0.3 is 5.97 Å². The summed E-state index contributed by atoms with van der Waals surface area (Å²) in [7, 11) is 0. The topological polar surface area (TPSA) is 99.6 Å². The number of nitrogens with zero attached hydrogens (tertiary/aromatic N) is 2. The molecule has 2 heterocycles. The molecule has 2 amide bonds. The van der Waals surface area contributed by atoms with Crippen LogP contribution < -0.4 is 5.32 Å². The molecule has 1 aromatic heterocycles. The highest BCUT2D eigenvalue weighted by Crippen LogP contribution is 2.40. The van der Waals surface area contributed by atoms with Gasteiger partial charge in [-0.2, -0.15) is 0 Å². The molecule has 1 aliphatic carbocycles. The van der Waals surface area contributed by atoms with E-state index < -0.39 is 12.0 Å². The molecule has 8 heteroatoms. The number of thiazole rings is 1. The zero-order valence-corrected chi connectivity index (χ0v) is 13.6. The van der Waals surface area contributed by atoms with Crippen molar-refractivity contribution in [3.05, 3.63) is 11.1 Å². The Morgan fingerprint density at radius 3 is 2.78 bits per heavy atom. The van der Waals surface area contributed by atoms with E-state index >= 15 is 0 Å². The minimum absolute atomic E-state index is 0.0109.